The van der Waals surface area contributed by atoms with E-state index >= 15 is 0 Å². The SMILES string of the molecule is CC1C2CCN(C(=O)c3cccnc3)C1c1ccc(Cl)cc12. The summed E-state index contributed by atoms with van der Waals surface area (Å²) in [5.74, 6) is 1.02. The molecule has 3 nitrogen and oxygen atoms in total. The minimum atomic E-state index is 0.0752. The van der Waals surface area contributed by atoms with E-state index in [1.807, 2.05) is 23.1 Å². The summed E-state index contributed by atoms with van der Waals surface area (Å²) in [6, 6.07) is 9.90. The zero-order valence-electron chi connectivity index (χ0n) is 12.4. The zero-order chi connectivity index (χ0) is 15.3. The molecule has 0 spiro atoms. The van der Waals surface area contributed by atoms with Crippen LogP contribution in [0, 0.1) is 5.92 Å². The van der Waals surface area contributed by atoms with Crippen LogP contribution in [0.4, 0.5) is 0 Å². The fourth-order valence-corrected chi connectivity index (χ4v) is 4.27. The van der Waals surface area contributed by atoms with Gasteiger partial charge in [0.1, 0.15) is 0 Å². The molecule has 22 heavy (non-hydrogen) atoms. The molecule has 3 unspecified atom stereocenters. The van der Waals surface area contributed by atoms with Gasteiger partial charge in [0.2, 0.25) is 0 Å². The number of carbonyl (C=O) groups excluding carboxylic acids is 1. The molecule has 0 N–H and O–H groups in total. The molecule has 2 aromatic rings. The van der Waals surface area contributed by atoms with E-state index in [1.165, 1.54) is 11.1 Å². The normalized spacial score (nSPS) is 25.9. The smallest absolute Gasteiger partial charge is 0.255 e. The van der Waals surface area contributed by atoms with Crippen LogP contribution in [-0.2, 0) is 0 Å². The van der Waals surface area contributed by atoms with Crippen LogP contribution in [0.5, 0.6) is 0 Å². The number of carbonyl (C=O) groups is 1. The number of hydrogen-bond donors (Lipinski definition) is 0. The predicted molar refractivity (Wildman–Crippen MR) is 86.0 cm³/mol. The molecule has 112 valence electrons. The monoisotopic (exact) mass is 312 g/mol. The number of nitrogens with zero attached hydrogens (tertiary/aromatic N) is 2. The van der Waals surface area contributed by atoms with Gasteiger partial charge >= 0.3 is 0 Å². The first-order chi connectivity index (χ1) is 10.7. The second kappa shape index (κ2) is 5.10. The molecule has 4 rings (SSSR count). The molecule has 3 atom stereocenters. The van der Waals surface area contributed by atoms with Crippen LogP contribution in [-0.4, -0.2) is 22.3 Å². The highest BCUT2D eigenvalue weighted by molar-refractivity contribution is 6.30. The Kier molecular flexibility index (Phi) is 3.19. The van der Waals surface area contributed by atoms with Gasteiger partial charge in [0.25, 0.3) is 5.91 Å². The van der Waals surface area contributed by atoms with Gasteiger partial charge in [0, 0.05) is 24.0 Å². The average Bonchev–Trinajstić information content (AvgIpc) is 2.70. The number of piperidine rings is 1. The van der Waals surface area contributed by atoms with E-state index < -0.39 is 0 Å². The van der Waals surface area contributed by atoms with E-state index in [2.05, 4.69) is 24.0 Å². The first-order valence-corrected chi connectivity index (χ1v) is 8.05. The van der Waals surface area contributed by atoms with Gasteiger partial charge in [-0.2, -0.15) is 0 Å². The van der Waals surface area contributed by atoms with Crippen molar-refractivity contribution in [1.29, 1.82) is 0 Å². The van der Waals surface area contributed by atoms with Gasteiger partial charge in [-0.15, -0.1) is 0 Å². The molecular weight excluding hydrogens is 296 g/mol. The Hall–Kier alpha value is -1.87. The third-order valence-electron chi connectivity index (χ3n) is 5.09. The molecule has 1 saturated heterocycles. The number of likely N-dealkylation sites (tertiary alicyclic amines) is 1. The molecule has 2 heterocycles. The van der Waals surface area contributed by atoms with Crippen molar-refractivity contribution in [3.05, 3.63) is 64.4 Å². The molecule has 0 saturated carbocycles. The van der Waals surface area contributed by atoms with Gasteiger partial charge in [-0.3, -0.25) is 9.78 Å². The highest BCUT2D eigenvalue weighted by atomic mass is 35.5. The fourth-order valence-electron chi connectivity index (χ4n) is 4.09. The van der Waals surface area contributed by atoms with Crippen molar-refractivity contribution in [2.45, 2.75) is 25.3 Å². The number of amides is 1. The van der Waals surface area contributed by atoms with Crippen molar-refractivity contribution in [1.82, 2.24) is 9.88 Å². The zero-order valence-corrected chi connectivity index (χ0v) is 13.1. The standard InChI is InChI=1S/C18H17ClN2O/c1-11-14-6-8-21(18(22)12-3-2-7-20-10-12)17(11)15-5-4-13(19)9-16(14)15/h2-5,7,9-11,14,17H,6,8H2,1H3. The fraction of sp³-hybridized carbons (Fsp3) is 0.333. The molecule has 1 aromatic heterocycles. The molecule has 2 bridgehead atoms. The first-order valence-electron chi connectivity index (χ1n) is 7.67. The minimum Gasteiger partial charge on any atom is -0.331 e. The molecule has 1 aromatic carbocycles. The van der Waals surface area contributed by atoms with E-state index in [0.717, 1.165) is 18.0 Å². The van der Waals surface area contributed by atoms with Crippen molar-refractivity contribution in [2.75, 3.05) is 6.54 Å². The molecule has 1 fully saturated rings. The summed E-state index contributed by atoms with van der Waals surface area (Å²) in [5.41, 5.74) is 3.25. The summed E-state index contributed by atoms with van der Waals surface area (Å²) in [5, 5.41) is 0.781. The summed E-state index contributed by atoms with van der Waals surface area (Å²) < 4.78 is 0. The largest absolute Gasteiger partial charge is 0.331 e. The van der Waals surface area contributed by atoms with Crippen molar-refractivity contribution >= 4 is 17.5 Å². The van der Waals surface area contributed by atoms with Gasteiger partial charge < -0.3 is 4.90 Å². The number of hydrogen-bond acceptors (Lipinski definition) is 2. The minimum absolute atomic E-state index is 0.0752. The van der Waals surface area contributed by atoms with Crippen LogP contribution in [0.3, 0.4) is 0 Å². The second-order valence-electron chi connectivity index (χ2n) is 6.21. The summed E-state index contributed by atoms with van der Waals surface area (Å²) in [6.07, 6.45) is 4.34. The number of pyridine rings is 1. The Labute approximate surface area is 134 Å². The van der Waals surface area contributed by atoms with Crippen LogP contribution < -0.4 is 0 Å². The number of rotatable bonds is 1. The summed E-state index contributed by atoms with van der Waals surface area (Å²) in [4.78, 5) is 19.0. The molecular formula is C18H17ClN2O. The number of fused-ring (bicyclic) bond motifs is 5. The molecule has 1 aliphatic carbocycles. The van der Waals surface area contributed by atoms with Crippen molar-refractivity contribution in [3.63, 3.8) is 0 Å². The quantitative estimate of drug-likeness (QED) is 0.795. The van der Waals surface area contributed by atoms with Gasteiger partial charge in [-0.1, -0.05) is 24.6 Å². The van der Waals surface area contributed by atoms with E-state index in [4.69, 9.17) is 11.6 Å². The molecule has 1 amide bonds. The van der Waals surface area contributed by atoms with Gasteiger partial charge in [-0.05, 0) is 53.6 Å². The van der Waals surface area contributed by atoms with Crippen molar-refractivity contribution < 1.29 is 4.79 Å². The third kappa shape index (κ3) is 1.96. The Bertz CT molecular complexity index is 731. The Morgan fingerprint density at radius 3 is 2.95 bits per heavy atom. The summed E-state index contributed by atoms with van der Waals surface area (Å²) in [7, 11) is 0. The Morgan fingerprint density at radius 2 is 2.18 bits per heavy atom. The molecule has 1 aliphatic heterocycles. The van der Waals surface area contributed by atoms with Crippen LogP contribution in [0.25, 0.3) is 0 Å². The van der Waals surface area contributed by atoms with Crippen LogP contribution in [0.2, 0.25) is 5.02 Å². The predicted octanol–water partition coefficient (Wildman–Crippen LogP) is 4.06. The highest BCUT2D eigenvalue weighted by Gasteiger charge is 2.46. The lowest BCUT2D eigenvalue weighted by atomic mass is 9.85. The molecule has 0 radical (unpaired) electrons. The van der Waals surface area contributed by atoms with E-state index in [0.29, 0.717) is 17.4 Å². The second-order valence-corrected chi connectivity index (χ2v) is 6.65. The van der Waals surface area contributed by atoms with Crippen molar-refractivity contribution in [3.8, 4) is 0 Å². The summed E-state index contributed by atoms with van der Waals surface area (Å²) >= 11 is 6.17. The van der Waals surface area contributed by atoms with Gasteiger partial charge in [0.15, 0.2) is 0 Å². The highest BCUT2D eigenvalue weighted by Crippen LogP contribution is 2.53. The van der Waals surface area contributed by atoms with E-state index in [9.17, 15) is 4.79 Å². The number of aromatic nitrogens is 1. The van der Waals surface area contributed by atoms with Crippen LogP contribution >= 0.6 is 11.6 Å². The lowest BCUT2D eigenvalue weighted by Gasteiger charge is -2.38. The van der Waals surface area contributed by atoms with Gasteiger partial charge in [-0.25, -0.2) is 0 Å². The Morgan fingerprint density at radius 1 is 1.32 bits per heavy atom. The maximum absolute atomic E-state index is 12.9. The lowest BCUT2D eigenvalue weighted by molar-refractivity contribution is 0.0523. The topological polar surface area (TPSA) is 33.2 Å². The first kappa shape index (κ1) is 13.8. The van der Waals surface area contributed by atoms with Crippen LogP contribution in [0.15, 0.2) is 42.7 Å². The van der Waals surface area contributed by atoms with Crippen LogP contribution in [0.1, 0.15) is 46.8 Å². The lowest BCUT2D eigenvalue weighted by Crippen LogP contribution is -2.41. The maximum Gasteiger partial charge on any atom is 0.255 e. The van der Waals surface area contributed by atoms with E-state index in [1.54, 1.807) is 12.4 Å². The summed E-state index contributed by atoms with van der Waals surface area (Å²) in [6.45, 7) is 3.03. The molecule has 4 heteroatoms. The van der Waals surface area contributed by atoms with Crippen molar-refractivity contribution in [2.24, 2.45) is 5.92 Å². The maximum atomic E-state index is 12.9. The van der Waals surface area contributed by atoms with Gasteiger partial charge in [0.05, 0.1) is 11.6 Å². The number of benzene rings is 1. The van der Waals surface area contributed by atoms with E-state index in [-0.39, 0.29) is 11.9 Å². The number of halogens is 1. The molecule has 2 aliphatic rings. The Balaban J connectivity index is 1.75. The average molecular weight is 313 g/mol. The third-order valence-corrected chi connectivity index (χ3v) is 5.32.